The summed E-state index contributed by atoms with van der Waals surface area (Å²) in [5.74, 6) is 0.811. The van der Waals surface area contributed by atoms with Gasteiger partial charge in [-0.05, 0) is 30.7 Å². The van der Waals surface area contributed by atoms with Crippen LogP contribution in [-0.4, -0.2) is 53.6 Å². The normalized spacial score (nSPS) is 24.3. The third-order valence-electron chi connectivity index (χ3n) is 3.10. The molecule has 0 aromatic heterocycles. The standard InChI is InChI=1S/C13H20N2O3/c14-10-2-4-11(5-3-10)18-7-1-6-15-8-12(16)13(17)9-15/h2-5,12-13,16-17H,1,6-9,14H2. The lowest BCUT2D eigenvalue weighted by atomic mass is 10.3. The maximum Gasteiger partial charge on any atom is 0.119 e. The Hall–Kier alpha value is -1.30. The van der Waals surface area contributed by atoms with Gasteiger partial charge in [0.05, 0.1) is 18.8 Å². The van der Waals surface area contributed by atoms with Gasteiger partial charge < -0.3 is 20.7 Å². The zero-order valence-electron chi connectivity index (χ0n) is 10.3. The van der Waals surface area contributed by atoms with Crippen LogP contribution < -0.4 is 10.5 Å². The van der Waals surface area contributed by atoms with Crippen LogP contribution in [0.4, 0.5) is 5.69 Å². The van der Waals surface area contributed by atoms with Crippen molar-refractivity contribution in [2.75, 3.05) is 32.0 Å². The Bertz CT molecular complexity index is 359. The molecule has 5 nitrogen and oxygen atoms in total. The SMILES string of the molecule is Nc1ccc(OCCCN2CC(O)C(O)C2)cc1. The fourth-order valence-corrected chi connectivity index (χ4v) is 2.07. The Morgan fingerprint density at radius 2 is 1.78 bits per heavy atom. The monoisotopic (exact) mass is 252 g/mol. The molecule has 1 aliphatic rings. The van der Waals surface area contributed by atoms with Gasteiger partial charge in [-0.1, -0.05) is 0 Å². The van der Waals surface area contributed by atoms with Gasteiger partial charge in [-0.25, -0.2) is 0 Å². The predicted molar refractivity (Wildman–Crippen MR) is 69.4 cm³/mol. The molecule has 1 fully saturated rings. The third kappa shape index (κ3) is 3.60. The molecule has 2 atom stereocenters. The van der Waals surface area contributed by atoms with Gasteiger partial charge in [-0.2, -0.15) is 0 Å². The highest BCUT2D eigenvalue weighted by atomic mass is 16.5. The van der Waals surface area contributed by atoms with Crippen molar-refractivity contribution >= 4 is 5.69 Å². The second-order valence-corrected chi connectivity index (χ2v) is 4.67. The van der Waals surface area contributed by atoms with Gasteiger partial charge in [-0.3, -0.25) is 4.90 Å². The minimum Gasteiger partial charge on any atom is -0.494 e. The number of nitrogen functional groups attached to an aromatic ring is 1. The summed E-state index contributed by atoms with van der Waals surface area (Å²) in [6, 6.07) is 7.31. The first-order chi connectivity index (χ1) is 8.65. The summed E-state index contributed by atoms with van der Waals surface area (Å²) in [5, 5.41) is 18.8. The van der Waals surface area contributed by atoms with E-state index in [4.69, 9.17) is 10.5 Å². The van der Waals surface area contributed by atoms with Crippen LogP contribution in [0.5, 0.6) is 5.75 Å². The molecular weight excluding hydrogens is 232 g/mol. The van der Waals surface area contributed by atoms with E-state index in [9.17, 15) is 10.2 Å². The number of nitrogens with two attached hydrogens (primary N) is 1. The Balaban J connectivity index is 1.63. The van der Waals surface area contributed by atoms with E-state index in [-0.39, 0.29) is 0 Å². The average molecular weight is 252 g/mol. The van der Waals surface area contributed by atoms with Gasteiger partial charge in [0.2, 0.25) is 0 Å². The molecule has 1 aliphatic heterocycles. The summed E-state index contributed by atoms with van der Waals surface area (Å²) in [5.41, 5.74) is 6.31. The van der Waals surface area contributed by atoms with Gasteiger partial charge in [0.25, 0.3) is 0 Å². The van der Waals surface area contributed by atoms with Gasteiger partial charge >= 0.3 is 0 Å². The third-order valence-corrected chi connectivity index (χ3v) is 3.10. The van der Waals surface area contributed by atoms with Crippen LogP contribution in [0.1, 0.15) is 6.42 Å². The molecule has 0 amide bonds. The van der Waals surface area contributed by atoms with Crippen LogP contribution in [0.2, 0.25) is 0 Å². The van der Waals surface area contributed by atoms with Crippen LogP contribution in [0.25, 0.3) is 0 Å². The van der Waals surface area contributed by atoms with E-state index < -0.39 is 12.2 Å². The van der Waals surface area contributed by atoms with E-state index in [2.05, 4.69) is 0 Å². The Morgan fingerprint density at radius 3 is 2.39 bits per heavy atom. The van der Waals surface area contributed by atoms with E-state index in [1.165, 1.54) is 0 Å². The van der Waals surface area contributed by atoms with Crippen molar-refractivity contribution in [1.82, 2.24) is 4.90 Å². The van der Waals surface area contributed by atoms with Crippen LogP contribution in [0, 0.1) is 0 Å². The molecule has 5 heteroatoms. The number of hydrogen-bond acceptors (Lipinski definition) is 5. The van der Waals surface area contributed by atoms with E-state index in [1.807, 2.05) is 29.2 Å². The van der Waals surface area contributed by atoms with Gasteiger partial charge in [0, 0.05) is 25.3 Å². The average Bonchev–Trinajstić information content (AvgIpc) is 2.67. The van der Waals surface area contributed by atoms with Crippen LogP contribution >= 0.6 is 0 Å². The van der Waals surface area contributed by atoms with Crippen molar-refractivity contribution in [3.63, 3.8) is 0 Å². The number of rotatable bonds is 5. The number of likely N-dealkylation sites (tertiary alicyclic amines) is 1. The highest BCUT2D eigenvalue weighted by Crippen LogP contribution is 2.14. The summed E-state index contributed by atoms with van der Waals surface area (Å²) in [4.78, 5) is 2.04. The molecule has 1 heterocycles. The van der Waals surface area contributed by atoms with Crippen LogP contribution in [0.3, 0.4) is 0 Å². The summed E-state index contributed by atoms with van der Waals surface area (Å²) in [6.45, 7) is 2.53. The molecule has 1 aromatic rings. The molecule has 4 N–H and O–H groups in total. The topological polar surface area (TPSA) is 79.0 Å². The number of aliphatic hydroxyl groups is 2. The first kappa shape index (κ1) is 13.1. The second kappa shape index (κ2) is 6.04. The van der Waals surface area contributed by atoms with E-state index in [0.29, 0.717) is 19.7 Å². The molecule has 0 radical (unpaired) electrons. The number of aliphatic hydroxyl groups excluding tert-OH is 2. The highest BCUT2D eigenvalue weighted by Gasteiger charge is 2.28. The van der Waals surface area contributed by atoms with E-state index in [0.717, 1.165) is 24.4 Å². The molecule has 2 unspecified atom stereocenters. The second-order valence-electron chi connectivity index (χ2n) is 4.67. The maximum absolute atomic E-state index is 9.39. The molecule has 100 valence electrons. The molecule has 0 aliphatic carbocycles. The molecule has 1 aromatic carbocycles. The number of β-amino-alcohol motifs (C(OH)–C–C–N with tert-alkyl or cyclic N) is 2. The molecule has 0 saturated carbocycles. The number of ether oxygens (including phenoxy) is 1. The van der Waals surface area contributed by atoms with Crippen molar-refractivity contribution in [3.05, 3.63) is 24.3 Å². The molecular formula is C13H20N2O3. The first-order valence-electron chi connectivity index (χ1n) is 6.22. The lowest BCUT2D eigenvalue weighted by Crippen LogP contribution is -2.24. The number of nitrogens with zero attached hydrogens (tertiary/aromatic N) is 1. The highest BCUT2D eigenvalue weighted by molar-refractivity contribution is 5.41. The largest absolute Gasteiger partial charge is 0.494 e. The smallest absolute Gasteiger partial charge is 0.119 e. The van der Waals surface area contributed by atoms with E-state index >= 15 is 0 Å². The van der Waals surface area contributed by atoms with Gasteiger partial charge in [-0.15, -0.1) is 0 Å². The molecule has 0 bridgehead atoms. The fourth-order valence-electron chi connectivity index (χ4n) is 2.07. The summed E-state index contributed by atoms with van der Waals surface area (Å²) < 4.78 is 5.57. The molecule has 18 heavy (non-hydrogen) atoms. The minimum absolute atomic E-state index is 0.545. The quantitative estimate of drug-likeness (QED) is 0.511. The number of benzene rings is 1. The van der Waals surface area contributed by atoms with Crippen molar-refractivity contribution in [1.29, 1.82) is 0 Å². The first-order valence-corrected chi connectivity index (χ1v) is 6.22. The lowest BCUT2D eigenvalue weighted by molar-refractivity contribution is 0.0572. The minimum atomic E-state index is -0.608. The van der Waals surface area contributed by atoms with Gasteiger partial charge in [0.1, 0.15) is 5.75 Å². The molecule has 0 spiro atoms. The number of hydrogen-bond donors (Lipinski definition) is 3. The van der Waals surface area contributed by atoms with Crippen molar-refractivity contribution in [2.24, 2.45) is 0 Å². The zero-order valence-corrected chi connectivity index (χ0v) is 10.3. The lowest BCUT2D eigenvalue weighted by Gasteiger charge is -2.14. The zero-order chi connectivity index (χ0) is 13.0. The Kier molecular flexibility index (Phi) is 4.41. The van der Waals surface area contributed by atoms with Crippen LogP contribution in [0.15, 0.2) is 24.3 Å². The number of anilines is 1. The predicted octanol–water partition coefficient (Wildman–Crippen LogP) is 0.0751. The fraction of sp³-hybridized carbons (Fsp3) is 0.538. The van der Waals surface area contributed by atoms with Crippen molar-refractivity contribution in [2.45, 2.75) is 18.6 Å². The van der Waals surface area contributed by atoms with Crippen molar-refractivity contribution < 1.29 is 14.9 Å². The summed E-state index contributed by atoms with van der Waals surface area (Å²) >= 11 is 0. The maximum atomic E-state index is 9.39. The molecule has 2 rings (SSSR count). The van der Waals surface area contributed by atoms with Crippen LogP contribution in [-0.2, 0) is 0 Å². The summed E-state index contributed by atoms with van der Waals surface area (Å²) in [6.07, 6.45) is -0.352. The van der Waals surface area contributed by atoms with Crippen molar-refractivity contribution in [3.8, 4) is 5.75 Å². The summed E-state index contributed by atoms with van der Waals surface area (Å²) in [7, 11) is 0. The van der Waals surface area contributed by atoms with Gasteiger partial charge in [0.15, 0.2) is 0 Å². The van der Waals surface area contributed by atoms with E-state index in [1.54, 1.807) is 0 Å². The Labute approximate surface area is 107 Å². The Morgan fingerprint density at radius 1 is 1.17 bits per heavy atom. The molecule has 1 saturated heterocycles.